The van der Waals surface area contributed by atoms with E-state index in [1.807, 2.05) is 0 Å². The number of nitrogens with two attached hydrogens (primary N) is 2. The molecule has 0 saturated carbocycles. The molecule has 1 rings (SSSR count). The van der Waals surface area contributed by atoms with Gasteiger partial charge in [-0.3, -0.25) is 24.0 Å². The molecule has 13 heteroatoms. The largest absolute Gasteiger partial charge is 0.481 e. The van der Waals surface area contributed by atoms with Gasteiger partial charge in [-0.1, -0.05) is 44.2 Å². The fourth-order valence-electron chi connectivity index (χ4n) is 3.57. The van der Waals surface area contributed by atoms with Crippen molar-refractivity contribution in [3.05, 3.63) is 35.9 Å². The molecule has 0 aliphatic carbocycles. The normalized spacial score (nSPS) is 14.0. The maximum atomic E-state index is 13.1. The Hall–Kier alpha value is -4.00. The van der Waals surface area contributed by atoms with Crippen LogP contribution in [0.15, 0.2) is 30.3 Å². The van der Waals surface area contributed by atoms with Gasteiger partial charge in [0.1, 0.15) is 18.1 Å². The molecule has 0 spiro atoms. The Balaban J connectivity index is 3.03. The molecule has 0 radical (unpaired) electrons. The van der Waals surface area contributed by atoms with Gasteiger partial charge in [-0.05, 0) is 37.2 Å². The molecule has 0 aliphatic rings. The number of carbonyl (C=O) groups is 6. The first-order valence-electron chi connectivity index (χ1n) is 12.2. The first kappa shape index (κ1) is 32.0. The van der Waals surface area contributed by atoms with Gasteiger partial charge in [-0.25, -0.2) is 4.79 Å². The van der Waals surface area contributed by atoms with Crippen LogP contribution >= 0.6 is 0 Å². The van der Waals surface area contributed by atoms with E-state index in [-0.39, 0.29) is 38.0 Å². The van der Waals surface area contributed by atoms with Crippen molar-refractivity contribution in [1.29, 1.82) is 0 Å². The van der Waals surface area contributed by atoms with Gasteiger partial charge in [0.25, 0.3) is 0 Å². The first-order valence-corrected chi connectivity index (χ1v) is 12.2. The average Bonchev–Trinajstić information content (AvgIpc) is 2.83. The molecule has 1 aromatic carbocycles. The highest BCUT2D eigenvalue weighted by Gasteiger charge is 2.31. The second-order valence-corrected chi connectivity index (χ2v) is 9.38. The third-order valence-electron chi connectivity index (χ3n) is 5.55. The van der Waals surface area contributed by atoms with Gasteiger partial charge in [0.2, 0.25) is 23.6 Å². The zero-order valence-corrected chi connectivity index (χ0v) is 21.5. The molecule has 1 aromatic rings. The molecule has 4 atom stereocenters. The second kappa shape index (κ2) is 16.0. The van der Waals surface area contributed by atoms with Crippen LogP contribution in [-0.4, -0.2) is 69.9 Å². The Morgan fingerprint density at radius 3 is 1.76 bits per heavy atom. The standard InChI is InChI=1S/C25H37N5O8/c1-14(2)12-19(25(37)38)30-24(36)18(9-11-21(32)33)29-23(35)17(8-10-20(27)31)28-22(34)16(26)13-15-6-4-3-5-7-15/h3-7,14,16-19H,8-13,26H2,1-2H3,(H2,27,31)(H,28,34)(H,29,35)(H,30,36)(H,32,33)(H,37,38). The lowest BCUT2D eigenvalue weighted by Crippen LogP contribution is -2.57. The SMILES string of the molecule is CC(C)CC(NC(=O)C(CCC(=O)O)NC(=O)C(CCC(N)=O)NC(=O)C(N)Cc1ccccc1)C(=O)O. The molecule has 4 unspecified atom stereocenters. The van der Waals surface area contributed by atoms with Gasteiger partial charge < -0.3 is 37.6 Å². The minimum absolute atomic E-state index is 0.0723. The van der Waals surface area contributed by atoms with E-state index in [0.717, 1.165) is 5.56 Å². The summed E-state index contributed by atoms with van der Waals surface area (Å²) in [6.45, 7) is 3.53. The van der Waals surface area contributed by atoms with E-state index in [1.165, 1.54) is 0 Å². The Bertz CT molecular complexity index is 985. The molecule has 0 saturated heterocycles. The average molecular weight is 536 g/mol. The molecule has 0 aliphatic heterocycles. The van der Waals surface area contributed by atoms with Gasteiger partial charge in [0, 0.05) is 12.8 Å². The molecule has 38 heavy (non-hydrogen) atoms. The molecule has 0 aromatic heterocycles. The van der Waals surface area contributed by atoms with Crippen LogP contribution in [0, 0.1) is 5.92 Å². The molecular formula is C25H37N5O8. The number of carboxylic acid groups (broad SMARTS) is 2. The highest BCUT2D eigenvalue weighted by atomic mass is 16.4. The van der Waals surface area contributed by atoms with E-state index in [4.69, 9.17) is 16.6 Å². The van der Waals surface area contributed by atoms with Crippen LogP contribution in [0.2, 0.25) is 0 Å². The van der Waals surface area contributed by atoms with Gasteiger partial charge in [0.05, 0.1) is 6.04 Å². The molecule has 0 bridgehead atoms. The van der Waals surface area contributed by atoms with Crippen LogP contribution in [-0.2, 0) is 35.2 Å². The number of carbonyl (C=O) groups excluding carboxylic acids is 4. The maximum absolute atomic E-state index is 13.1. The lowest BCUT2D eigenvalue weighted by molar-refractivity contribution is -0.143. The second-order valence-electron chi connectivity index (χ2n) is 9.38. The Labute approximate surface area is 220 Å². The van der Waals surface area contributed by atoms with Crippen molar-refractivity contribution in [1.82, 2.24) is 16.0 Å². The van der Waals surface area contributed by atoms with Crippen molar-refractivity contribution < 1.29 is 39.0 Å². The Morgan fingerprint density at radius 2 is 1.29 bits per heavy atom. The smallest absolute Gasteiger partial charge is 0.326 e. The predicted molar refractivity (Wildman–Crippen MR) is 136 cm³/mol. The third-order valence-corrected chi connectivity index (χ3v) is 5.55. The summed E-state index contributed by atoms with van der Waals surface area (Å²) in [6.07, 6.45) is -1.03. The van der Waals surface area contributed by atoms with Gasteiger partial charge in [0.15, 0.2) is 0 Å². The fourth-order valence-corrected chi connectivity index (χ4v) is 3.57. The lowest BCUT2D eigenvalue weighted by atomic mass is 10.0. The minimum atomic E-state index is -1.42. The molecule has 0 fully saturated rings. The number of aliphatic carboxylic acids is 2. The number of nitrogens with one attached hydrogen (secondary N) is 3. The van der Waals surface area contributed by atoms with E-state index >= 15 is 0 Å². The van der Waals surface area contributed by atoms with E-state index < -0.39 is 66.2 Å². The van der Waals surface area contributed by atoms with E-state index in [2.05, 4.69) is 16.0 Å². The molecular weight excluding hydrogens is 498 g/mol. The highest BCUT2D eigenvalue weighted by Crippen LogP contribution is 2.08. The van der Waals surface area contributed by atoms with Crippen LogP contribution in [0.5, 0.6) is 0 Å². The summed E-state index contributed by atoms with van der Waals surface area (Å²) in [5.74, 6) is -5.79. The van der Waals surface area contributed by atoms with E-state index in [0.29, 0.717) is 0 Å². The van der Waals surface area contributed by atoms with Crippen molar-refractivity contribution in [2.75, 3.05) is 0 Å². The van der Waals surface area contributed by atoms with Crippen LogP contribution in [0.3, 0.4) is 0 Å². The number of rotatable bonds is 17. The summed E-state index contributed by atoms with van der Waals surface area (Å²) in [6, 6.07) is 3.90. The summed E-state index contributed by atoms with van der Waals surface area (Å²) in [4.78, 5) is 72.6. The molecule has 9 N–H and O–H groups in total. The zero-order valence-electron chi connectivity index (χ0n) is 21.5. The number of primary amides is 1. The van der Waals surface area contributed by atoms with Crippen molar-refractivity contribution in [2.45, 2.75) is 76.5 Å². The Morgan fingerprint density at radius 1 is 0.789 bits per heavy atom. The summed E-state index contributed by atoms with van der Waals surface area (Å²) < 4.78 is 0. The maximum Gasteiger partial charge on any atom is 0.326 e. The summed E-state index contributed by atoms with van der Waals surface area (Å²) >= 11 is 0. The van der Waals surface area contributed by atoms with Crippen LogP contribution in [0.1, 0.15) is 51.5 Å². The van der Waals surface area contributed by atoms with Crippen molar-refractivity contribution in [2.24, 2.45) is 17.4 Å². The summed E-state index contributed by atoms with van der Waals surface area (Å²) in [7, 11) is 0. The number of carboxylic acids is 2. The number of benzene rings is 1. The molecule has 13 nitrogen and oxygen atoms in total. The lowest BCUT2D eigenvalue weighted by Gasteiger charge is -2.25. The zero-order chi connectivity index (χ0) is 28.8. The van der Waals surface area contributed by atoms with Gasteiger partial charge in [-0.2, -0.15) is 0 Å². The molecule has 0 heterocycles. The number of hydrogen-bond donors (Lipinski definition) is 7. The van der Waals surface area contributed by atoms with Crippen molar-refractivity contribution in [3.63, 3.8) is 0 Å². The minimum Gasteiger partial charge on any atom is -0.481 e. The van der Waals surface area contributed by atoms with Crippen LogP contribution in [0.4, 0.5) is 0 Å². The fraction of sp³-hybridized carbons (Fsp3) is 0.520. The Kier molecular flexibility index (Phi) is 13.5. The topological polar surface area (TPSA) is 231 Å². The monoisotopic (exact) mass is 535 g/mol. The number of hydrogen-bond acceptors (Lipinski definition) is 7. The van der Waals surface area contributed by atoms with Crippen molar-refractivity contribution >= 4 is 35.6 Å². The van der Waals surface area contributed by atoms with Gasteiger partial charge in [-0.15, -0.1) is 0 Å². The third kappa shape index (κ3) is 12.3. The van der Waals surface area contributed by atoms with Gasteiger partial charge >= 0.3 is 11.9 Å². The van der Waals surface area contributed by atoms with Crippen LogP contribution < -0.4 is 27.4 Å². The summed E-state index contributed by atoms with van der Waals surface area (Å²) in [5.41, 5.74) is 12.0. The predicted octanol–water partition coefficient (Wildman–Crippen LogP) is -0.728. The summed E-state index contributed by atoms with van der Waals surface area (Å²) in [5, 5.41) is 25.6. The molecule has 210 valence electrons. The van der Waals surface area contributed by atoms with Crippen LogP contribution in [0.25, 0.3) is 0 Å². The first-order chi connectivity index (χ1) is 17.8. The molecule has 4 amide bonds. The number of amides is 4. The quantitative estimate of drug-likeness (QED) is 0.133. The van der Waals surface area contributed by atoms with Crippen molar-refractivity contribution in [3.8, 4) is 0 Å². The highest BCUT2D eigenvalue weighted by molar-refractivity contribution is 5.94. The van der Waals surface area contributed by atoms with E-state index in [1.54, 1.807) is 44.2 Å². The van der Waals surface area contributed by atoms with E-state index in [9.17, 15) is 33.9 Å².